The van der Waals surface area contributed by atoms with Crippen LogP contribution in [-0.4, -0.2) is 61.8 Å². The van der Waals surface area contributed by atoms with Crippen LogP contribution >= 0.6 is 0 Å². The van der Waals surface area contributed by atoms with Crippen molar-refractivity contribution in [1.29, 1.82) is 0 Å². The van der Waals surface area contributed by atoms with Gasteiger partial charge in [-0.05, 0) is 23.7 Å². The summed E-state index contributed by atoms with van der Waals surface area (Å²) in [5, 5.41) is 5.26. The Balaban J connectivity index is 2.89. The first-order valence-electron chi connectivity index (χ1n) is 12.1. The smallest absolute Gasteiger partial charge is 0.306 e. The fourth-order valence-electron chi connectivity index (χ4n) is 3.53. The maximum Gasteiger partial charge on any atom is 0.306 e. The van der Waals surface area contributed by atoms with E-state index in [9.17, 15) is 24.0 Å². The maximum atomic E-state index is 13.1. The van der Waals surface area contributed by atoms with Crippen molar-refractivity contribution in [2.45, 2.75) is 73.8 Å². The van der Waals surface area contributed by atoms with Crippen molar-refractivity contribution in [3.8, 4) is 0 Å². The molecule has 1 heterocycles. The number of amides is 2. The van der Waals surface area contributed by atoms with Crippen LogP contribution in [0.3, 0.4) is 0 Å². The second kappa shape index (κ2) is 13.6. The molecule has 34 heavy (non-hydrogen) atoms. The normalized spacial score (nSPS) is 19.1. The summed E-state index contributed by atoms with van der Waals surface area (Å²) in [5.41, 5.74) is -0.185. The van der Waals surface area contributed by atoms with Crippen LogP contribution < -0.4 is 10.6 Å². The van der Waals surface area contributed by atoms with Crippen LogP contribution in [0.4, 0.5) is 0 Å². The summed E-state index contributed by atoms with van der Waals surface area (Å²) in [4.78, 5) is 62.8. The zero-order chi connectivity index (χ0) is 26.1. The Morgan fingerprint density at radius 3 is 2.35 bits per heavy atom. The molecular formula is C25H42N2O7. The third kappa shape index (κ3) is 10.8. The van der Waals surface area contributed by atoms with Gasteiger partial charge in [0.2, 0.25) is 11.7 Å². The van der Waals surface area contributed by atoms with Gasteiger partial charge in [0.25, 0.3) is 5.91 Å². The molecule has 0 radical (unpaired) electrons. The number of hydrogen-bond donors (Lipinski definition) is 2. The van der Waals surface area contributed by atoms with E-state index in [1.54, 1.807) is 0 Å². The molecule has 1 aliphatic rings. The lowest BCUT2D eigenvalue weighted by molar-refractivity contribution is -0.150. The van der Waals surface area contributed by atoms with Gasteiger partial charge in [-0.3, -0.25) is 24.0 Å². The summed E-state index contributed by atoms with van der Waals surface area (Å²) in [6.07, 6.45) is 0.0823. The van der Waals surface area contributed by atoms with Crippen LogP contribution in [0.1, 0.15) is 67.7 Å². The number of hydrogen-bond acceptors (Lipinski definition) is 7. The third-order valence-corrected chi connectivity index (χ3v) is 5.50. The quantitative estimate of drug-likeness (QED) is 0.341. The van der Waals surface area contributed by atoms with Gasteiger partial charge in [0.1, 0.15) is 0 Å². The Bertz CT molecular complexity index is 740. The van der Waals surface area contributed by atoms with Crippen LogP contribution in [0.2, 0.25) is 0 Å². The van der Waals surface area contributed by atoms with E-state index in [1.807, 2.05) is 48.5 Å². The van der Waals surface area contributed by atoms with E-state index in [4.69, 9.17) is 9.47 Å². The van der Waals surface area contributed by atoms with E-state index in [-0.39, 0.29) is 62.2 Å². The van der Waals surface area contributed by atoms with Crippen LogP contribution in [-0.2, 0) is 33.4 Å². The lowest BCUT2D eigenvalue weighted by Crippen LogP contribution is -2.48. The van der Waals surface area contributed by atoms with Gasteiger partial charge in [-0.1, -0.05) is 48.5 Å². The van der Waals surface area contributed by atoms with Crippen LogP contribution in [0, 0.1) is 29.1 Å². The second-order valence-corrected chi connectivity index (χ2v) is 11.0. The second-order valence-electron chi connectivity index (χ2n) is 11.0. The van der Waals surface area contributed by atoms with Crippen molar-refractivity contribution >= 4 is 29.4 Å². The van der Waals surface area contributed by atoms with Gasteiger partial charge in [-0.15, -0.1) is 0 Å². The Labute approximate surface area is 203 Å². The van der Waals surface area contributed by atoms with Gasteiger partial charge in [0.15, 0.2) is 5.78 Å². The van der Waals surface area contributed by atoms with E-state index in [1.165, 1.54) is 0 Å². The predicted octanol–water partition coefficient (Wildman–Crippen LogP) is 2.06. The van der Waals surface area contributed by atoms with E-state index >= 15 is 0 Å². The molecule has 9 heteroatoms. The summed E-state index contributed by atoms with van der Waals surface area (Å²) in [6.45, 7) is 14.1. The minimum absolute atomic E-state index is 0.0193. The number of nitrogens with one attached hydrogen (secondary N) is 2. The number of esters is 1. The average Bonchev–Trinajstić information content (AvgIpc) is 2.71. The SMILES string of the molecule is CC(C)CC(NC(=O)C(CC(=O)OCC(C)(C)C)C(C)C)C(=O)CC1COCCNC(=O)C1=O. The summed E-state index contributed by atoms with van der Waals surface area (Å²) in [7, 11) is 0. The number of ketones is 2. The van der Waals surface area contributed by atoms with Gasteiger partial charge < -0.3 is 20.1 Å². The minimum Gasteiger partial charge on any atom is -0.465 e. The molecule has 0 aromatic carbocycles. The van der Waals surface area contributed by atoms with Crippen LogP contribution in [0.15, 0.2) is 0 Å². The zero-order valence-electron chi connectivity index (χ0n) is 21.7. The zero-order valence-corrected chi connectivity index (χ0v) is 21.7. The molecule has 0 aromatic rings. The van der Waals surface area contributed by atoms with Crippen molar-refractivity contribution in [2.24, 2.45) is 29.1 Å². The van der Waals surface area contributed by atoms with Gasteiger partial charge in [0.05, 0.1) is 44.1 Å². The molecule has 2 N–H and O–H groups in total. The standard InChI is InChI=1S/C25H42N2O7/c1-15(2)10-19(20(28)11-17-13-33-9-8-26-24(32)22(17)30)27-23(31)18(16(3)4)12-21(29)34-14-25(5,6)7/h15-19H,8-14H2,1-7H3,(H,26,32)(H,27,31). The molecule has 0 spiro atoms. The highest BCUT2D eigenvalue weighted by atomic mass is 16.5. The Kier molecular flexibility index (Phi) is 11.9. The Morgan fingerprint density at radius 1 is 1.15 bits per heavy atom. The average molecular weight is 483 g/mol. The van der Waals surface area contributed by atoms with E-state index in [0.29, 0.717) is 6.42 Å². The molecule has 2 amide bonds. The lowest BCUT2D eigenvalue weighted by atomic mass is 9.88. The van der Waals surface area contributed by atoms with Gasteiger partial charge in [0, 0.05) is 13.0 Å². The topological polar surface area (TPSA) is 128 Å². The molecule has 1 aliphatic heterocycles. The molecule has 0 bridgehead atoms. The molecule has 194 valence electrons. The lowest BCUT2D eigenvalue weighted by Gasteiger charge is -2.26. The van der Waals surface area contributed by atoms with Gasteiger partial charge in [-0.25, -0.2) is 0 Å². The molecule has 0 saturated carbocycles. The Hall–Kier alpha value is -2.29. The first-order valence-corrected chi connectivity index (χ1v) is 12.1. The molecule has 3 unspecified atom stereocenters. The Morgan fingerprint density at radius 2 is 1.79 bits per heavy atom. The molecule has 1 saturated heterocycles. The number of rotatable bonds is 11. The summed E-state index contributed by atoms with van der Waals surface area (Å²) in [6, 6.07) is -0.833. The first-order chi connectivity index (χ1) is 15.7. The molecule has 0 aromatic heterocycles. The molecular weight excluding hydrogens is 440 g/mol. The number of carbonyl (C=O) groups is 5. The molecule has 1 rings (SSSR count). The highest BCUT2D eigenvalue weighted by Gasteiger charge is 2.34. The number of carbonyl (C=O) groups excluding carboxylic acids is 5. The van der Waals surface area contributed by atoms with Crippen LogP contribution in [0.25, 0.3) is 0 Å². The minimum atomic E-state index is -0.896. The van der Waals surface area contributed by atoms with Crippen molar-refractivity contribution in [1.82, 2.24) is 10.6 Å². The predicted molar refractivity (Wildman–Crippen MR) is 127 cm³/mol. The van der Waals surface area contributed by atoms with Crippen LogP contribution in [0.5, 0.6) is 0 Å². The van der Waals surface area contributed by atoms with E-state index < -0.39 is 41.4 Å². The van der Waals surface area contributed by atoms with E-state index in [0.717, 1.165) is 0 Å². The largest absolute Gasteiger partial charge is 0.465 e. The highest BCUT2D eigenvalue weighted by Crippen LogP contribution is 2.20. The fourth-order valence-corrected chi connectivity index (χ4v) is 3.53. The third-order valence-electron chi connectivity index (χ3n) is 5.50. The summed E-state index contributed by atoms with van der Waals surface area (Å²) < 4.78 is 10.7. The molecule has 0 aliphatic carbocycles. The summed E-state index contributed by atoms with van der Waals surface area (Å²) >= 11 is 0. The molecule has 3 atom stereocenters. The first kappa shape index (κ1) is 29.7. The molecule has 9 nitrogen and oxygen atoms in total. The van der Waals surface area contributed by atoms with Gasteiger partial charge in [-0.2, -0.15) is 0 Å². The maximum absolute atomic E-state index is 13.1. The number of ether oxygens (including phenoxy) is 2. The fraction of sp³-hybridized carbons (Fsp3) is 0.800. The van der Waals surface area contributed by atoms with Gasteiger partial charge >= 0.3 is 5.97 Å². The number of Topliss-reactive ketones (excluding diaryl/α,β-unsaturated/α-hetero) is 2. The van der Waals surface area contributed by atoms with E-state index in [2.05, 4.69) is 10.6 Å². The van der Waals surface area contributed by atoms with Crippen molar-refractivity contribution < 1.29 is 33.4 Å². The van der Waals surface area contributed by atoms with Crippen molar-refractivity contribution in [3.05, 3.63) is 0 Å². The monoisotopic (exact) mass is 482 g/mol. The highest BCUT2D eigenvalue weighted by molar-refractivity contribution is 6.37. The van der Waals surface area contributed by atoms with Crippen molar-refractivity contribution in [3.63, 3.8) is 0 Å². The van der Waals surface area contributed by atoms with Crippen molar-refractivity contribution in [2.75, 3.05) is 26.4 Å². The summed E-state index contributed by atoms with van der Waals surface area (Å²) in [5.74, 6) is -4.23. The molecule has 1 fully saturated rings.